The first-order valence-corrected chi connectivity index (χ1v) is 9.61. The molecule has 0 fully saturated rings. The van der Waals surface area contributed by atoms with Gasteiger partial charge in [-0.1, -0.05) is 42.5 Å². The van der Waals surface area contributed by atoms with Crippen LogP contribution in [0.25, 0.3) is 0 Å². The minimum atomic E-state index is -0.444. The monoisotopic (exact) mass is 442 g/mol. The minimum Gasteiger partial charge on any atom is -0.273 e. The van der Waals surface area contributed by atoms with E-state index >= 15 is 0 Å². The van der Waals surface area contributed by atoms with Crippen LogP contribution in [0.3, 0.4) is 0 Å². The summed E-state index contributed by atoms with van der Waals surface area (Å²) in [4.78, 5) is 36.2. The normalized spacial score (nSPS) is 13.0. The Morgan fingerprint density at radius 1 is 0.964 bits per heavy atom. The molecule has 3 rings (SSSR count). The van der Waals surface area contributed by atoms with Crippen LogP contribution in [-0.4, -0.2) is 35.0 Å². The third-order valence-electron chi connectivity index (χ3n) is 4.20. The first-order chi connectivity index (χ1) is 13.5. The lowest BCUT2D eigenvalue weighted by molar-refractivity contribution is -0.133. The lowest BCUT2D eigenvalue weighted by Gasteiger charge is -2.12. The molecule has 1 aliphatic heterocycles. The number of hydrogen-bond donors (Lipinski definition) is 2. The Hall–Kier alpha value is -3.00. The summed E-state index contributed by atoms with van der Waals surface area (Å²) in [7, 11) is 0. The molecule has 2 aromatic carbocycles. The molecule has 0 atom stereocenters. The molecule has 1 heterocycles. The number of hydrogen-bond acceptors (Lipinski definition) is 4. The standard InChI is InChI=1S/C20H19BrN4O3/c21-16-9-5-4-8-15(16)20(28)23-22-18(26)10-11-19(27)25-13-12-17(24-25)14-6-2-1-3-7-14/h1-9H,10-13H2,(H,22,26)(H,23,28). The maximum Gasteiger partial charge on any atom is 0.270 e. The van der Waals surface area contributed by atoms with Gasteiger partial charge in [0.2, 0.25) is 11.8 Å². The average molecular weight is 443 g/mol. The molecule has 0 saturated carbocycles. The van der Waals surface area contributed by atoms with E-state index < -0.39 is 11.8 Å². The van der Waals surface area contributed by atoms with Gasteiger partial charge < -0.3 is 0 Å². The quantitative estimate of drug-likeness (QED) is 0.697. The minimum absolute atomic E-state index is 0.0162. The second-order valence-electron chi connectivity index (χ2n) is 6.16. The molecule has 8 heteroatoms. The summed E-state index contributed by atoms with van der Waals surface area (Å²) in [6, 6.07) is 16.6. The third kappa shape index (κ3) is 5.04. The zero-order valence-corrected chi connectivity index (χ0v) is 16.6. The number of nitrogens with zero attached hydrogens (tertiary/aromatic N) is 2. The molecule has 0 aliphatic carbocycles. The number of carbonyl (C=O) groups is 3. The number of halogens is 1. The van der Waals surface area contributed by atoms with Crippen LogP contribution in [0.4, 0.5) is 0 Å². The predicted molar refractivity (Wildman–Crippen MR) is 108 cm³/mol. The van der Waals surface area contributed by atoms with Gasteiger partial charge in [-0.25, -0.2) is 5.01 Å². The van der Waals surface area contributed by atoms with E-state index in [1.807, 2.05) is 30.3 Å². The molecule has 2 N–H and O–H groups in total. The van der Waals surface area contributed by atoms with Crippen molar-refractivity contribution in [2.45, 2.75) is 19.3 Å². The maximum absolute atomic E-state index is 12.3. The second kappa shape index (κ2) is 9.27. The zero-order chi connectivity index (χ0) is 19.9. The summed E-state index contributed by atoms with van der Waals surface area (Å²) < 4.78 is 0.623. The fourth-order valence-electron chi connectivity index (χ4n) is 2.72. The number of benzene rings is 2. The largest absolute Gasteiger partial charge is 0.273 e. The smallest absolute Gasteiger partial charge is 0.270 e. The van der Waals surface area contributed by atoms with Crippen molar-refractivity contribution in [2.24, 2.45) is 5.10 Å². The molecule has 28 heavy (non-hydrogen) atoms. The van der Waals surface area contributed by atoms with E-state index in [1.54, 1.807) is 24.3 Å². The molecule has 0 bridgehead atoms. The summed E-state index contributed by atoms with van der Waals surface area (Å²) in [6.07, 6.45) is 0.661. The van der Waals surface area contributed by atoms with Gasteiger partial charge >= 0.3 is 0 Å². The van der Waals surface area contributed by atoms with Crippen LogP contribution < -0.4 is 10.9 Å². The van der Waals surface area contributed by atoms with Crippen LogP contribution in [-0.2, 0) is 9.59 Å². The summed E-state index contributed by atoms with van der Waals surface area (Å²) in [6.45, 7) is 0.503. The van der Waals surface area contributed by atoms with Gasteiger partial charge in [-0.05, 0) is 33.6 Å². The van der Waals surface area contributed by atoms with E-state index in [-0.39, 0.29) is 18.7 Å². The Morgan fingerprint density at radius 3 is 2.43 bits per heavy atom. The number of hydrazone groups is 1. The summed E-state index contributed by atoms with van der Waals surface area (Å²) in [5, 5.41) is 5.75. The van der Waals surface area contributed by atoms with E-state index in [0.29, 0.717) is 23.0 Å². The van der Waals surface area contributed by atoms with Crippen LogP contribution in [0.1, 0.15) is 35.2 Å². The average Bonchev–Trinajstić information content (AvgIpc) is 3.21. The zero-order valence-electron chi connectivity index (χ0n) is 15.0. The van der Waals surface area contributed by atoms with Gasteiger partial charge in [-0.15, -0.1) is 0 Å². The SMILES string of the molecule is O=C(CCC(=O)N1CCC(c2ccccc2)=N1)NNC(=O)c1ccccc1Br. The maximum atomic E-state index is 12.3. The Labute approximate surface area is 170 Å². The highest BCUT2D eigenvalue weighted by Gasteiger charge is 2.22. The highest BCUT2D eigenvalue weighted by atomic mass is 79.9. The number of amides is 3. The molecule has 7 nitrogen and oxygen atoms in total. The lowest BCUT2D eigenvalue weighted by Crippen LogP contribution is -2.42. The highest BCUT2D eigenvalue weighted by molar-refractivity contribution is 9.10. The Bertz CT molecular complexity index is 915. The summed E-state index contributed by atoms with van der Waals surface area (Å²) in [5.41, 5.74) is 6.92. The molecule has 3 amide bonds. The van der Waals surface area contributed by atoms with Crippen LogP contribution in [0.2, 0.25) is 0 Å². The fraction of sp³-hybridized carbons (Fsp3) is 0.200. The molecule has 0 radical (unpaired) electrons. The van der Waals surface area contributed by atoms with Gasteiger partial charge in [-0.3, -0.25) is 25.2 Å². The Balaban J connectivity index is 1.45. The van der Waals surface area contributed by atoms with Crippen LogP contribution in [0.5, 0.6) is 0 Å². The molecular weight excluding hydrogens is 424 g/mol. The van der Waals surface area contributed by atoms with Crippen molar-refractivity contribution < 1.29 is 14.4 Å². The van der Waals surface area contributed by atoms with Gasteiger partial charge in [0.25, 0.3) is 5.91 Å². The lowest BCUT2D eigenvalue weighted by atomic mass is 10.1. The van der Waals surface area contributed by atoms with Crippen molar-refractivity contribution in [1.29, 1.82) is 0 Å². The van der Waals surface area contributed by atoms with Crippen molar-refractivity contribution >= 4 is 39.4 Å². The molecule has 0 spiro atoms. The van der Waals surface area contributed by atoms with Crippen LogP contribution in [0, 0.1) is 0 Å². The third-order valence-corrected chi connectivity index (χ3v) is 4.89. The highest BCUT2D eigenvalue weighted by Crippen LogP contribution is 2.16. The van der Waals surface area contributed by atoms with E-state index in [1.165, 1.54) is 5.01 Å². The van der Waals surface area contributed by atoms with Crippen molar-refractivity contribution in [3.8, 4) is 0 Å². The van der Waals surface area contributed by atoms with Crippen molar-refractivity contribution in [3.63, 3.8) is 0 Å². The topological polar surface area (TPSA) is 90.9 Å². The number of rotatable bonds is 5. The summed E-state index contributed by atoms with van der Waals surface area (Å²) >= 11 is 3.28. The molecule has 1 aliphatic rings. The Morgan fingerprint density at radius 2 is 1.68 bits per heavy atom. The van der Waals surface area contributed by atoms with Gasteiger partial charge in [0.15, 0.2) is 0 Å². The Kier molecular flexibility index (Phi) is 6.54. The fourth-order valence-corrected chi connectivity index (χ4v) is 3.19. The molecule has 0 saturated heterocycles. The molecule has 0 aromatic heterocycles. The van der Waals surface area contributed by atoms with E-state index in [0.717, 1.165) is 11.3 Å². The predicted octanol–water partition coefficient (Wildman–Crippen LogP) is 2.63. The van der Waals surface area contributed by atoms with E-state index in [4.69, 9.17) is 0 Å². The van der Waals surface area contributed by atoms with E-state index in [9.17, 15) is 14.4 Å². The molecule has 0 unspecified atom stereocenters. The van der Waals surface area contributed by atoms with Gasteiger partial charge in [0.1, 0.15) is 0 Å². The number of carbonyl (C=O) groups excluding carboxylic acids is 3. The van der Waals surface area contributed by atoms with E-state index in [2.05, 4.69) is 31.9 Å². The van der Waals surface area contributed by atoms with Crippen molar-refractivity contribution in [3.05, 3.63) is 70.2 Å². The number of hydrazine groups is 1. The van der Waals surface area contributed by atoms with Crippen molar-refractivity contribution in [1.82, 2.24) is 15.9 Å². The van der Waals surface area contributed by atoms with Gasteiger partial charge in [-0.2, -0.15) is 5.10 Å². The van der Waals surface area contributed by atoms with Crippen LogP contribution >= 0.6 is 15.9 Å². The van der Waals surface area contributed by atoms with Crippen LogP contribution in [0.15, 0.2) is 64.2 Å². The molecule has 144 valence electrons. The van der Waals surface area contributed by atoms with Gasteiger partial charge in [0, 0.05) is 23.7 Å². The van der Waals surface area contributed by atoms with Gasteiger partial charge in [0.05, 0.1) is 17.8 Å². The second-order valence-corrected chi connectivity index (χ2v) is 7.02. The molecule has 2 aromatic rings. The summed E-state index contributed by atoms with van der Waals surface area (Å²) in [5.74, 6) is -1.11. The first-order valence-electron chi connectivity index (χ1n) is 8.81. The first kappa shape index (κ1) is 19.8. The van der Waals surface area contributed by atoms with Crippen molar-refractivity contribution in [2.75, 3.05) is 6.54 Å². The molecular formula is C20H19BrN4O3. The number of nitrogens with one attached hydrogen (secondary N) is 2.